The van der Waals surface area contributed by atoms with Crippen LogP contribution in [0.2, 0.25) is 10.0 Å². The lowest BCUT2D eigenvalue weighted by Crippen LogP contribution is -2.36. The van der Waals surface area contributed by atoms with E-state index in [1.165, 1.54) is 0 Å². The number of carbonyl (C=O) groups excluding carboxylic acids is 2. The predicted molar refractivity (Wildman–Crippen MR) is 174 cm³/mol. The lowest BCUT2D eigenvalue weighted by atomic mass is 10.1. The summed E-state index contributed by atoms with van der Waals surface area (Å²) < 4.78 is 13.0. The van der Waals surface area contributed by atoms with E-state index in [1.807, 2.05) is 43.5 Å². The van der Waals surface area contributed by atoms with E-state index >= 15 is 0 Å². The summed E-state index contributed by atoms with van der Waals surface area (Å²) in [4.78, 5) is 38.9. The number of carboxylic acid groups (broad SMARTS) is 1. The Morgan fingerprint density at radius 3 is 2.71 bits per heavy atom. The molecule has 10 nitrogen and oxygen atoms in total. The molecule has 45 heavy (non-hydrogen) atoms. The molecular weight excluding hydrogens is 639 g/mol. The van der Waals surface area contributed by atoms with E-state index in [2.05, 4.69) is 10.4 Å². The molecule has 1 aromatic heterocycles. The molecule has 2 amide bonds. The number of benzene rings is 3. The third-order valence-electron chi connectivity index (χ3n) is 7.06. The zero-order chi connectivity index (χ0) is 31.9. The molecule has 0 spiro atoms. The Bertz CT molecular complexity index is 1730. The number of carbonyl (C=O) groups is 3. The molecule has 13 heteroatoms. The molecule has 3 aromatic carbocycles. The van der Waals surface area contributed by atoms with Crippen LogP contribution in [0.1, 0.15) is 27.9 Å². The number of rotatable bonds is 11. The Morgan fingerprint density at radius 2 is 1.89 bits per heavy atom. The molecule has 0 unspecified atom stereocenters. The van der Waals surface area contributed by atoms with E-state index in [9.17, 15) is 14.4 Å². The van der Waals surface area contributed by atoms with Crippen molar-refractivity contribution in [2.75, 3.05) is 37.0 Å². The highest BCUT2D eigenvalue weighted by molar-refractivity contribution is 7.99. The number of nitrogens with zero attached hydrogens (tertiary/aromatic N) is 3. The van der Waals surface area contributed by atoms with Crippen molar-refractivity contribution in [3.63, 3.8) is 0 Å². The number of nitrogens with one attached hydrogen (secondary N) is 1. The zero-order valence-electron chi connectivity index (χ0n) is 24.3. The van der Waals surface area contributed by atoms with Gasteiger partial charge in [-0.15, -0.1) is 11.8 Å². The minimum atomic E-state index is -0.988. The average molecular weight is 670 g/mol. The minimum Gasteiger partial charge on any atom is -0.490 e. The molecule has 5 rings (SSSR count). The van der Waals surface area contributed by atoms with Gasteiger partial charge < -0.3 is 19.9 Å². The number of fused-ring (bicyclic) bond motifs is 1. The Kier molecular flexibility index (Phi) is 10.5. The molecule has 234 valence electrons. The molecule has 1 aliphatic rings. The van der Waals surface area contributed by atoms with Gasteiger partial charge in [0.25, 0.3) is 5.91 Å². The maximum absolute atomic E-state index is 13.1. The van der Waals surface area contributed by atoms with Gasteiger partial charge in [0.15, 0.2) is 0 Å². The van der Waals surface area contributed by atoms with Crippen molar-refractivity contribution >= 4 is 58.6 Å². The first-order valence-corrected chi connectivity index (χ1v) is 15.8. The van der Waals surface area contributed by atoms with Crippen molar-refractivity contribution in [3.8, 4) is 16.9 Å². The summed E-state index contributed by atoms with van der Waals surface area (Å²) in [7, 11) is 0. The second-order valence-electron chi connectivity index (χ2n) is 10.1. The van der Waals surface area contributed by atoms with Crippen molar-refractivity contribution in [1.82, 2.24) is 15.1 Å². The fourth-order valence-electron chi connectivity index (χ4n) is 4.75. The monoisotopic (exact) mass is 668 g/mol. The lowest BCUT2D eigenvalue weighted by molar-refractivity contribution is -0.136. The van der Waals surface area contributed by atoms with E-state index in [0.29, 0.717) is 45.8 Å². The predicted octanol–water partition coefficient (Wildman–Crippen LogP) is 6.55. The van der Waals surface area contributed by atoms with Crippen LogP contribution in [0, 0.1) is 6.92 Å². The average Bonchev–Trinajstić information content (AvgIpc) is 3.49. The number of thioether (sulfide) groups is 1. The summed E-state index contributed by atoms with van der Waals surface area (Å²) in [6, 6.07) is 16.1. The van der Waals surface area contributed by atoms with Crippen molar-refractivity contribution < 1.29 is 29.0 Å². The van der Waals surface area contributed by atoms with E-state index in [0.717, 1.165) is 27.3 Å². The van der Waals surface area contributed by atoms with E-state index in [-0.39, 0.29) is 32.1 Å². The van der Waals surface area contributed by atoms with Gasteiger partial charge in [-0.1, -0.05) is 41.4 Å². The summed E-state index contributed by atoms with van der Waals surface area (Å²) in [5.41, 5.74) is 4.44. The fraction of sp³-hybridized carbons (Fsp3) is 0.250. The Labute approximate surface area is 274 Å². The summed E-state index contributed by atoms with van der Waals surface area (Å²) in [5, 5.41) is 17.0. The van der Waals surface area contributed by atoms with Crippen LogP contribution in [-0.4, -0.2) is 64.9 Å². The maximum atomic E-state index is 13.1. The van der Waals surface area contributed by atoms with Crippen molar-refractivity contribution in [2.45, 2.75) is 24.8 Å². The standard InChI is InChI=1S/C32H30Cl2N4O6S/c1-20-25(33)5-3-7-28(20)43-13-14-44-32(42)38-12-15-45-30-24(4-2-6-27(30)38)23-17-36-37(19-23)18-22-16-21(8-9-26(22)34)31(41)35-11-10-29(39)40/h2-9,16-17,19H,10-15,18H2,1H3,(H,35,41)(H,39,40). The molecule has 0 atom stereocenters. The van der Waals surface area contributed by atoms with Gasteiger partial charge in [0.1, 0.15) is 19.0 Å². The molecule has 2 N–H and O–H groups in total. The Balaban J connectivity index is 1.24. The topological polar surface area (TPSA) is 123 Å². The van der Waals surface area contributed by atoms with Crippen molar-refractivity contribution in [2.24, 2.45) is 0 Å². The van der Waals surface area contributed by atoms with Gasteiger partial charge in [-0.05, 0) is 48.9 Å². The van der Waals surface area contributed by atoms with Crippen molar-refractivity contribution in [3.05, 3.63) is 93.7 Å². The van der Waals surface area contributed by atoms with Crippen LogP contribution in [0.5, 0.6) is 5.75 Å². The second-order valence-corrected chi connectivity index (χ2v) is 12.0. The largest absolute Gasteiger partial charge is 0.490 e. The second kappa shape index (κ2) is 14.7. The Morgan fingerprint density at radius 1 is 1.07 bits per heavy atom. The van der Waals surface area contributed by atoms with Gasteiger partial charge in [-0.2, -0.15) is 5.10 Å². The molecule has 0 fully saturated rings. The maximum Gasteiger partial charge on any atom is 0.414 e. The van der Waals surface area contributed by atoms with Gasteiger partial charge in [0.2, 0.25) is 0 Å². The number of ether oxygens (including phenoxy) is 2. The number of halogens is 2. The summed E-state index contributed by atoms with van der Waals surface area (Å²) in [5.74, 6) is -0.0204. The molecule has 2 heterocycles. The molecular formula is C32H30Cl2N4O6S. The summed E-state index contributed by atoms with van der Waals surface area (Å²) in [6.45, 7) is 3.00. The molecule has 0 aliphatic carbocycles. The molecule has 0 saturated carbocycles. The summed E-state index contributed by atoms with van der Waals surface area (Å²) in [6.07, 6.45) is 3.03. The quantitative estimate of drug-likeness (QED) is 0.173. The van der Waals surface area contributed by atoms with Crippen LogP contribution in [0.3, 0.4) is 0 Å². The van der Waals surface area contributed by atoms with E-state index in [1.54, 1.807) is 51.8 Å². The molecule has 4 aromatic rings. The Hall–Kier alpha value is -4.19. The van der Waals surface area contributed by atoms with E-state index in [4.69, 9.17) is 37.8 Å². The van der Waals surface area contributed by atoms with Gasteiger partial charge >= 0.3 is 12.1 Å². The van der Waals surface area contributed by atoms with Crippen LogP contribution in [0.15, 0.2) is 71.9 Å². The number of amides is 2. The third kappa shape index (κ3) is 7.91. The number of anilines is 1. The number of aliphatic carboxylic acids is 1. The zero-order valence-corrected chi connectivity index (χ0v) is 26.6. The van der Waals surface area contributed by atoms with Gasteiger partial charge in [0, 0.05) is 62.2 Å². The highest BCUT2D eigenvalue weighted by Crippen LogP contribution is 2.42. The van der Waals surface area contributed by atoms with Gasteiger partial charge in [0.05, 0.1) is 24.8 Å². The highest BCUT2D eigenvalue weighted by Gasteiger charge is 2.27. The molecule has 0 bridgehead atoms. The van der Waals surface area contributed by atoms with Crippen LogP contribution in [0.25, 0.3) is 11.1 Å². The SMILES string of the molecule is Cc1c(Cl)cccc1OCCOC(=O)N1CCSc2c(-c3cnn(Cc4cc(C(=O)NCCC(=O)O)ccc4Cl)c3)cccc21. The fourth-order valence-corrected chi connectivity index (χ4v) is 6.24. The summed E-state index contributed by atoms with van der Waals surface area (Å²) >= 11 is 14.3. The van der Waals surface area contributed by atoms with Crippen LogP contribution >= 0.6 is 35.0 Å². The van der Waals surface area contributed by atoms with Crippen LogP contribution in [-0.2, 0) is 16.1 Å². The smallest absolute Gasteiger partial charge is 0.414 e. The first-order chi connectivity index (χ1) is 21.7. The normalized spacial score (nSPS) is 12.4. The molecule has 0 saturated heterocycles. The minimum absolute atomic E-state index is 0.0291. The number of hydrogen-bond acceptors (Lipinski definition) is 7. The first-order valence-electron chi connectivity index (χ1n) is 14.1. The van der Waals surface area contributed by atoms with Gasteiger partial charge in [-0.25, -0.2) is 4.79 Å². The van der Waals surface area contributed by atoms with E-state index < -0.39 is 12.1 Å². The molecule has 0 radical (unpaired) electrons. The third-order valence-corrected chi connectivity index (χ3v) is 8.94. The van der Waals surface area contributed by atoms with Crippen molar-refractivity contribution in [1.29, 1.82) is 0 Å². The lowest BCUT2D eigenvalue weighted by Gasteiger charge is -2.29. The first kappa shape index (κ1) is 32.2. The number of carboxylic acids is 1. The number of hydrogen-bond donors (Lipinski definition) is 2. The van der Waals surface area contributed by atoms with Gasteiger partial charge in [-0.3, -0.25) is 19.2 Å². The highest BCUT2D eigenvalue weighted by atomic mass is 35.5. The van der Waals surface area contributed by atoms with Crippen LogP contribution < -0.4 is 15.0 Å². The number of aromatic nitrogens is 2. The molecule has 1 aliphatic heterocycles. The van der Waals surface area contributed by atoms with Crippen LogP contribution in [0.4, 0.5) is 10.5 Å².